The Morgan fingerprint density at radius 3 is 2.36 bits per heavy atom. The third kappa shape index (κ3) is 4.94. The molecule has 3 aromatic heterocycles. The minimum atomic E-state index is -0.145. The number of rotatable bonds is 7. The quantitative estimate of drug-likeness (QED) is 0.290. The summed E-state index contributed by atoms with van der Waals surface area (Å²) in [5, 5.41) is 13.6. The molecule has 192 valence electrons. The molecule has 0 atom stereocenters. The molecule has 0 saturated heterocycles. The van der Waals surface area contributed by atoms with E-state index in [0.717, 1.165) is 44.7 Å². The molecule has 6 rings (SSSR count). The van der Waals surface area contributed by atoms with E-state index in [9.17, 15) is 4.79 Å². The minimum Gasteiger partial charge on any atom is -0.350 e. The minimum absolute atomic E-state index is 0.0715. The van der Waals surface area contributed by atoms with Crippen molar-refractivity contribution < 1.29 is 4.79 Å². The lowest BCUT2D eigenvalue weighted by atomic mass is 10.0. The van der Waals surface area contributed by atoms with Gasteiger partial charge < -0.3 is 5.32 Å². The first-order chi connectivity index (χ1) is 19.1. The smallest absolute Gasteiger partial charge is 0.242 e. The van der Waals surface area contributed by atoms with Crippen LogP contribution in [0.15, 0.2) is 103 Å². The summed E-state index contributed by atoms with van der Waals surface area (Å²) < 4.78 is 3.54. The third-order valence-corrected chi connectivity index (χ3v) is 6.76. The zero-order valence-corrected chi connectivity index (χ0v) is 21.9. The second-order valence-electron chi connectivity index (χ2n) is 9.60. The number of nitrogens with zero attached hydrogens (tertiary/aromatic N) is 5. The van der Waals surface area contributed by atoms with Gasteiger partial charge in [0.2, 0.25) is 5.91 Å². The summed E-state index contributed by atoms with van der Waals surface area (Å²) in [5.74, 6) is -0.145. The maximum Gasteiger partial charge on any atom is 0.242 e. The molecule has 39 heavy (non-hydrogen) atoms. The lowest BCUT2D eigenvalue weighted by Crippen LogP contribution is -2.27. The van der Waals surface area contributed by atoms with Gasteiger partial charge in [0.1, 0.15) is 6.54 Å². The molecule has 0 spiro atoms. The summed E-state index contributed by atoms with van der Waals surface area (Å²) in [5.41, 5.74) is 8.63. The van der Waals surface area contributed by atoms with Gasteiger partial charge in [-0.15, -0.1) is 0 Å². The van der Waals surface area contributed by atoms with Gasteiger partial charge in [0.15, 0.2) is 5.65 Å². The van der Waals surface area contributed by atoms with E-state index in [1.165, 1.54) is 5.56 Å². The number of hydrogen-bond acceptors (Lipinski definition) is 4. The van der Waals surface area contributed by atoms with Crippen molar-refractivity contribution in [2.24, 2.45) is 0 Å². The Hall–Kier alpha value is -5.04. The van der Waals surface area contributed by atoms with Gasteiger partial charge in [0.25, 0.3) is 0 Å². The Labute approximate surface area is 226 Å². The van der Waals surface area contributed by atoms with Crippen LogP contribution in [-0.4, -0.2) is 30.5 Å². The molecule has 0 aliphatic rings. The van der Waals surface area contributed by atoms with E-state index in [-0.39, 0.29) is 12.5 Å². The highest BCUT2D eigenvalue weighted by Gasteiger charge is 2.17. The molecule has 0 fully saturated rings. The van der Waals surface area contributed by atoms with Gasteiger partial charge in [-0.05, 0) is 43.2 Å². The van der Waals surface area contributed by atoms with Crippen LogP contribution < -0.4 is 5.32 Å². The Bertz CT molecular complexity index is 1770. The molecular formula is C32H28N6O. The zero-order chi connectivity index (χ0) is 26.8. The molecule has 1 amide bonds. The molecule has 0 bridgehead atoms. The molecule has 0 saturated carbocycles. The number of aryl methyl sites for hydroxylation is 2. The van der Waals surface area contributed by atoms with E-state index < -0.39 is 0 Å². The molecule has 6 aromatic rings. The Kier molecular flexibility index (Phi) is 6.47. The van der Waals surface area contributed by atoms with Gasteiger partial charge >= 0.3 is 0 Å². The average Bonchev–Trinajstić information content (AvgIpc) is 3.54. The number of nitrogens with one attached hydrogen (secondary N) is 1. The van der Waals surface area contributed by atoms with E-state index in [4.69, 9.17) is 5.10 Å². The van der Waals surface area contributed by atoms with Gasteiger partial charge in [-0.25, -0.2) is 14.3 Å². The van der Waals surface area contributed by atoms with E-state index >= 15 is 0 Å². The zero-order valence-electron chi connectivity index (χ0n) is 21.9. The first-order valence-electron chi connectivity index (χ1n) is 12.9. The molecule has 0 unspecified atom stereocenters. The normalized spacial score (nSPS) is 11.1. The highest BCUT2D eigenvalue weighted by atomic mass is 16.2. The number of aromatic nitrogens is 5. The highest BCUT2D eigenvalue weighted by molar-refractivity contribution is 5.95. The number of fused-ring (bicyclic) bond motifs is 1. The molecule has 3 heterocycles. The molecule has 7 heteroatoms. The molecule has 0 aliphatic carbocycles. The van der Waals surface area contributed by atoms with Crippen molar-refractivity contribution in [1.29, 1.82) is 0 Å². The van der Waals surface area contributed by atoms with Crippen molar-refractivity contribution in [1.82, 2.24) is 29.9 Å². The van der Waals surface area contributed by atoms with Crippen LogP contribution in [-0.2, 0) is 17.9 Å². The fraction of sp³-hybridized carbons (Fsp3) is 0.125. The van der Waals surface area contributed by atoms with Crippen LogP contribution in [0.2, 0.25) is 0 Å². The van der Waals surface area contributed by atoms with Crippen molar-refractivity contribution in [2.45, 2.75) is 26.9 Å². The number of carbonyl (C=O) groups excluding carboxylic acids is 1. The van der Waals surface area contributed by atoms with Crippen molar-refractivity contribution in [3.05, 3.63) is 120 Å². The lowest BCUT2D eigenvalue weighted by Gasteiger charge is -2.08. The molecule has 0 aliphatic heterocycles. The van der Waals surface area contributed by atoms with Crippen LogP contribution in [0.5, 0.6) is 0 Å². The van der Waals surface area contributed by atoms with Gasteiger partial charge in [-0.1, -0.05) is 78.4 Å². The third-order valence-electron chi connectivity index (χ3n) is 6.76. The highest BCUT2D eigenvalue weighted by Crippen LogP contribution is 2.30. The number of pyridine rings is 1. The summed E-state index contributed by atoms with van der Waals surface area (Å²) >= 11 is 0. The SMILES string of the molecule is Cc1cccc(-c2ccnc3c2c(C)nn3CC(=O)NCc2cn(-c3ccccc3)nc2-c2ccccc2)c1. The van der Waals surface area contributed by atoms with Gasteiger partial charge in [0.05, 0.1) is 17.1 Å². The maximum absolute atomic E-state index is 13.1. The van der Waals surface area contributed by atoms with Crippen LogP contribution in [0.3, 0.4) is 0 Å². The Morgan fingerprint density at radius 2 is 1.59 bits per heavy atom. The Balaban J connectivity index is 1.25. The summed E-state index contributed by atoms with van der Waals surface area (Å²) in [4.78, 5) is 17.7. The maximum atomic E-state index is 13.1. The number of benzene rings is 3. The lowest BCUT2D eigenvalue weighted by molar-refractivity contribution is -0.121. The molecule has 7 nitrogen and oxygen atoms in total. The van der Waals surface area contributed by atoms with Crippen LogP contribution in [0.4, 0.5) is 0 Å². The predicted molar refractivity (Wildman–Crippen MR) is 153 cm³/mol. The summed E-state index contributed by atoms with van der Waals surface area (Å²) in [7, 11) is 0. The van der Waals surface area contributed by atoms with Crippen molar-refractivity contribution in [2.75, 3.05) is 0 Å². The second kappa shape index (κ2) is 10.4. The fourth-order valence-electron chi connectivity index (χ4n) is 4.92. The van der Waals surface area contributed by atoms with Gasteiger partial charge in [-0.3, -0.25) is 4.79 Å². The van der Waals surface area contributed by atoms with Crippen molar-refractivity contribution >= 4 is 16.9 Å². The first kappa shape index (κ1) is 24.3. The fourth-order valence-corrected chi connectivity index (χ4v) is 4.92. The molecule has 0 radical (unpaired) electrons. The topological polar surface area (TPSA) is 77.6 Å². The molecular weight excluding hydrogens is 484 g/mol. The van der Waals surface area contributed by atoms with E-state index in [1.54, 1.807) is 10.9 Å². The van der Waals surface area contributed by atoms with Crippen molar-refractivity contribution in [3.63, 3.8) is 0 Å². The van der Waals surface area contributed by atoms with Crippen LogP contribution >= 0.6 is 0 Å². The van der Waals surface area contributed by atoms with E-state index in [2.05, 4.69) is 40.5 Å². The largest absolute Gasteiger partial charge is 0.350 e. The van der Waals surface area contributed by atoms with Crippen LogP contribution in [0, 0.1) is 13.8 Å². The summed E-state index contributed by atoms with van der Waals surface area (Å²) in [6.07, 6.45) is 3.75. The van der Waals surface area contributed by atoms with Gasteiger partial charge in [0, 0.05) is 35.5 Å². The Morgan fingerprint density at radius 1 is 0.846 bits per heavy atom. The monoisotopic (exact) mass is 512 g/mol. The van der Waals surface area contributed by atoms with Crippen LogP contribution in [0.1, 0.15) is 16.8 Å². The van der Waals surface area contributed by atoms with E-state index in [1.807, 2.05) is 90.6 Å². The molecule has 1 N–H and O–H groups in total. The summed E-state index contributed by atoms with van der Waals surface area (Å²) in [6, 6.07) is 30.3. The average molecular weight is 513 g/mol. The predicted octanol–water partition coefficient (Wildman–Crippen LogP) is 5.88. The number of hydrogen-bond donors (Lipinski definition) is 1. The van der Waals surface area contributed by atoms with Crippen LogP contribution in [0.25, 0.3) is 39.1 Å². The van der Waals surface area contributed by atoms with Gasteiger partial charge in [-0.2, -0.15) is 10.2 Å². The standard InChI is InChI=1S/C32H28N6O/c1-22-10-9-13-25(18-22)28-16-17-33-32-30(28)23(2)35-38(32)21-29(39)34-19-26-20-37(27-14-7-4-8-15-27)36-31(26)24-11-5-3-6-12-24/h3-18,20H,19,21H2,1-2H3,(H,34,39). The second-order valence-corrected chi connectivity index (χ2v) is 9.60. The number of carbonyl (C=O) groups is 1. The first-order valence-corrected chi connectivity index (χ1v) is 12.9. The molecule has 3 aromatic carbocycles. The van der Waals surface area contributed by atoms with Crippen molar-refractivity contribution in [3.8, 4) is 28.1 Å². The van der Waals surface area contributed by atoms with E-state index in [0.29, 0.717) is 12.2 Å². The number of amides is 1. The summed E-state index contributed by atoms with van der Waals surface area (Å²) in [6.45, 7) is 4.45. The number of para-hydroxylation sites is 1.